The molecule has 0 aliphatic heterocycles. The highest BCUT2D eigenvalue weighted by Crippen LogP contribution is 2.22. The molecular formula is C14H25N3O2S. The van der Waals surface area contributed by atoms with Crippen LogP contribution in [0, 0.1) is 6.92 Å². The smallest absolute Gasteiger partial charge is 0.358 e. The van der Waals surface area contributed by atoms with E-state index in [2.05, 4.69) is 36.1 Å². The molecule has 0 saturated heterocycles. The Morgan fingerprint density at radius 2 is 2.20 bits per heavy atom. The van der Waals surface area contributed by atoms with Crippen LogP contribution < -0.4 is 5.32 Å². The van der Waals surface area contributed by atoms with Crippen LogP contribution >= 0.6 is 11.3 Å². The van der Waals surface area contributed by atoms with Crippen LogP contribution in [-0.4, -0.2) is 48.6 Å². The lowest BCUT2D eigenvalue weighted by Crippen LogP contribution is -2.32. The fourth-order valence-electron chi connectivity index (χ4n) is 1.73. The van der Waals surface area contributed by atoms with E-state index >= 15 is 0 Å². The van der Waals surface area contributed by atoms with E-state index in [1.165, 1.54) is 11.3 Å². The summed E-state index contributed by atoms with van der Waals surface area (Å²) in [6, 6.07) is 0.574. The van der Waals surface area contributed by atoms with Crippen LogP contribution in [0.2, 0.25) is 0 Å². The van der Waals surface area contributed by atoms with Crippen LogP contribution in [0.25, 0.3) is 0 Å². The molecule has 1 aromatic heterocycles. The predicted molar refractivity (Wildman–Crippen MR) is 83.7 cm³/mol. The van der Waals surface area contributed by atoms with Crippen molar-refractivity contribution >= 4 is 22.4 Å². The predicted octanol–water partition coefficient (Wildman–Crippen LogP) is 2.77. The van der Waals surface area contributed by atoms with Crippen LogP contribution in [-0.2, 0) is 4.74 Å². The lowest BCUT2D eigenvalue weighted by atomic mass is 10.2. The number of likely N-dealkylation sites (N-methyl/N-ethyl adjacent to an activating group) is 1. The van der Waals surface area contributed by atoms with E-state index in [0.29, 0.717) is 18.3 Å². The molecule has 0 fully saturated rings. The normalized spacial score (nSPS) is 12.5. The van der Waals surface area contributed by atoms with Crippen LogP contribution in [0.15, 0.2) is 0 Å². The minimum absolute atomic E-state index is 0.342. The Kier molecular flexibility index (Phi) is 6.95. The highest BCUT2D eigenvalue weighted by atomic mass is 32.1. The van der Waals surface area contributed by atoms with Gasteiger partial charge in [-0.15, -0.1) is 11.3 Å². The van der Waals surface area contributed by atoms with E-state index in [9.17, 15) is 4.79 Å². The third kappa shape index (κ3) is 4.76. The number of rotatable bonds is 8. The van der Waals surface area contributed by atoms with Crippen molar-refractivity contribution in [2.24, 2.45) is 0 Å². The summed E-state index contributed by atoms with van der Waals surface area (Å²) < 4.78 is 4.98. The first-order valence-electron chi connectivity index (χ1n) is 7.08. The number of hydrogen-bond acceptors (Lipinski definition) is 6. The number of nitrogens with one attached hydrogen (secondary N) is 1. The van der Waals surface area contributed by atoms with E-state index in [1.807, 2.05) is 6.92 Å². The second kappa shape index (κ2) is 8.21. The number of thiazole rings is 1. The quantitative estimate of drug-likeness (QED) is 0.748. The highest BCUT2D eigenvalue weighted by molar-refractivity contribution is 7.15. The third-order valence-corrected chi connectivity index (χ3v) is 4.28. The summed E-state index contributed by atoms with van der Waals surface area (Å²) >= 11 is 1.49. The van der Waals surface area contributed by atoms with Gasteiger partial charge >= 0.3 is 5.97 Å². The van der Waals surface area contributed by atoms with Crippen LogP contribution in [0.1, 0.15) is 42.6 Å². The zero-order valence-corrected chi connectivity index (χ0v) is 13.8. The second-order valence-electron chi connectivity index (χ2n) is 4.81. The Morgan fingerprint density at radius 1 is 1.50 bits per heavy atom. The number of carbonyl (C=O) groups is 1. The van der Waals surface area contributed by atoms with E-state index in [0.717, 1.165) is 29.5 Å². The minimum Gasteiger partial charge on any atom is -0.461 e. The van der Waals surface area contributed by atoms with Gasteiger partial charge in [0.15, 0.2) is 10.8 Å². The Hall–Kier alpha value is -1.14. The molecule has 0 amide bonds. The lowest BCUT2D eigenvalue weighted by Gasteiger charge is -2.23. The molecule has 0 aliphatic carbocycles. The highest BCUT2D eigenvalue weighted by Gasteiger charge is 2.16. The van der Waals surface area contributed by atoms with Crippen molar-refractivity contribution in [3.8, 4) is 0 Å². The van der Waals surface area contributed by atoms with Gasteiger partial charge in [0.1, 0.15) is 0 Å². The largest absolute Gasteiger partial charge is 0.461 e. The molecule has 1 rings (SSSR count). The molecule has 1 aromatic rings. The van der Waals surface area contributed by atoms with E-state index in [4.69, 9.17) is 4.74 Å². The van der Waals surface area contributed by atoms with Crippen LogP contribution in [0.4, 0.5) is 5.13 Å². The van der Waals surface area contributed by atoms with E-state index in [-0.39, 0.29) is 5.97 Å². The third-order valence-electron chi connectivity index (χ3n) is 3.35. The summed E-state index contributed by atoms with van der Waals surface area (Å²) in [5, 5.41) is 4.05. The summed E-state index contributed by atoms with van der Waals surface area (Å²) in [6.45, 7) is 10.2. The maximum Gasteiger partial charge on any atom is 0.358 e. The zero-order valence-electron chi connectivity index (χ0n) is 13.0. The minimum atomic E-state index is -0.342. The molecule has 6 heteroatoms. The fraction of sp³-hybridized carbons (Fsp3) is 0.714. The monoisotopic (exact) mass is 299 g/mol. The average molecular weight is 299 g/mol. The molecule has 0 aromatic carbocycles. The van der Waals surface area contributed by atoms with Gasteiger partial charge in [0, 0.05) is 24.0 Å². The molecule has 1 unspecified atom stereocenters. The molecule has 1 atom stereocenters. The van der Waals surface area contributed by atoms with Crippen LogP contribution in [0.5, 0.6) is 0 Å². The van der Waals surface area contributed by atoms with Gasteiger partial charge < -0.3 is 15.0 Å². The summed E-state index contributed by atoms with van der Waals surface area (Å²) in [6.07, 6.45) is 1.14. The number of esters is 1. The second-order valence-corrected chi connectivity index (χ2v) is 6.01. The van der Waals surface area contributed by atoms with Gasteiger partial charge in [0.2, 0.25) is 0 Å². The van der Waals surface area contributed by atoms with Crippen molar-refractivity contribution in [1.82, 2.24) is 9.88 Å². The molecule has 20 heavy (non-hydrogen) atoms. The van der Waals surface area contributed by atoms with Gasteiger partial charge in [0.05, 0.1) is 6.61 Å². The lowest BCUT2D eigenvalue weighted by molar-refractivity contribution is 0.0519. The SMILES string of the molecule is CCOC(=O)c1nc(NCCN(C)C(C)CC)sc1C. The first-order valence-corrected chi connectivity index (χ1v) is 7.89. The molecule has 114 valence electrons. The van der Waals surface area contributed by atoms with Crippen LogP contribution in [0.3, 0.4) is 0 Å². The molecule has 0 bridgehead atoms. The van der Waals surface area contributed by atoms with Gasteiger partial charge in [-0.25, -0.2) is 9.78 Å². The number of ether oxygens (including phenoxy) is 1. The van der Waals surface area contributed by atoms with Gasteiger partial charge in [-0.3, -0.25) is 0 Å². The molecule has 0 saturated carbocycles. The molecule has 1 N–H and O–H groups in total. The van der Waals surface area contributed by atoms with E-state index in [1.54, 1.807) is 6.92 Å². The average Bonchev–Trinajstić information content (AvgIpc) is 2.79. The molecule has 5 nitrogen and oxygen atoms in total. The van der Waals surface area contributed by atoms with Crippen molar-refractivity contribution in [3.05, 3.63) is 10.6 Å². The molecule has 1 heterocycles. The standard InChI is InChI=1S/C14H25N3O2S/c1-6-10(3)17(5)9-8-15-14-16-12(11(4)20-14)13(18)19-7-2/h10H,6-9H2,1-5H3,(H,15,16). The van der Waals surface area contributed by atoms with Gasteiger partial charge in [0.25, 0.3) is 0 Å². The Morgan fingerprint density at radius 3 is 2.80 bits per heavy atom. The van der Waals surface area contributed by atoms with Crippen molar-refractivity contribution in [2.75, 3.05) is 32.1 Å². The topological polar surface area (TPSA) is 54.5 Å². The zero-order chi connectivity index (χ0) is 15.1. The number of aryl methyl sites for hydroxylation is 1. The maximum absolute atomic E-state index is 11.7. The molecule has 0 aliphatic rings. The Bertz CT molecular complexity index is 434. The number of anilines is 1. The number of carbonyl (C=O) groups excluding carboxylic acids is 1. The van der Waals surface area contributed by atoms with Crippen molar-refractivity contribution in [3.63, 3.8) is 0 Å². The number of aromatic nitrogens is 1. The number of nitrogens with zero attached hydrogens (tertiary/aromatic N) is 2. The molecule has 0 spiro atoms. The summed E-state index contributed by atoms with van der Waals surface area (Å²) in [5.41, 5.74) is 0.426. The summed E-state index contributed by atoms with van der Waals surface area (Å²) in [7, 11) is 2.12. The fourth-order valence-corrected chi connectivity index (χ4v) is 2.56. The van der Waals surface area contributed by atoms with Gasteiger partial charge in [-0.1, -0.05) is 6.92 Å². The van der Waals surface area contributed by atoms with E-state index < -0.39 is 0 Å². The van der Waals surface area contributed by atoms with Gasteiger partial charge in [-0.05, 0) is 34.2 Å². The first-order chi connectivity index (χ1) is 9.49. The maximum atomic E-state index is 11.7. The summed E-state index contributed by atoms with van der Waals surface area (Å²) in [4.78, 5) is 19.2. The van der Waals surface area contributed by atoms with Crippen molar-refractivity contribution < 1.29 is 9.53 Å². The molecular weight excluding hydrogens is 274 g/mol. The Balaban J connectivity index is 2.49. The summed E-state index contributed by atoms with van der Waals surface area (Å²) in [5.74, 6) is -0.342. The van der Waals surface area contributed by atoms with Crippen molar-refractivity contribution in [2.45, 2.75) is 40.2 Å². The van der Waals surface area contributed by atoms with Crippen molar-refractivity contribution in [1.29, 1.82) is 0 Å². The molecule has 0 radical (unpaired) electrons. The number of hydrogen-bond donors (Lipinski definition) is 1. The first kappa shape index (κ1) is 16.9. The Labute approximate surface area is 125 Å². The van der Waals surface area contributed by atoms with Gasteiger partial charge in [-0.2, -0.15) is 0 Å².